The maximum Gasteiger partial charge on any atom is 0.253 e. The number of hydrogen-bond donors (Lipinski definition) is 2. The summed E-state index contributed by atoms with van der Waals surface area (Å²) in [5.74, 6) is 0.432. The highest BCUT2D eigenvalue weighted by atomic mass is 16.3. The lowest BCUT2D eigenvalue weighted by atomic mass is 10.1. The molecule has 0 saturated carbocycles. The third-order valence-corrected chi connectivity index (χ3v) is 3.78. The second-order valence-corrected chi connectivity index (χ2v) is 5.81. The third kappa shape index (κ3) is 3.42. The minimum Gasteiger partial charge on any atom is -0.508 e. The van der Waals surface area contributed by atoms with E-state index in [-0.39, 0.29) is 11.7 Å². The first-order valence-electron chi connectivity index (χ1n) is 7.69. The van der Waals surface area contributed by atoms with Gasteiger partial charge in [0.1, 0.15) is 17.3 Å². The molecule has 0 aliphatic heterocycles. The summed E-state index contributed by atoms with van der Waals surface area (Å²) in [7, 11) is 3.43. The van der Waals surface area contributed by atoms with Crippen LogP contribution in [0.2, 0.25) is 0 Å². The molecule has 25 heavy (non-hydrogen) atoms. The van der Waals surface area contributed by atoms with Crippen LogP contribution in [-0.2, 0) is 0 Å². The highest BCUT2D eigenvalue weighted by Crippen LogP contribution is 2.27. The van der Waals surface area contributed by atoms with Crippen LogP contribution in [0, 0.1) is 0 Å². The van der Waals surface area contributed by atoms with Crippen molar-refractivity contribution in [3.63, 3.8) is 0 Å². The maximum atomic E-state index is 12.0. The molecule has 0 aliphatic rings. The number of rotatable bonds is 3. The Morgan fingerprint density at radius 2 is 1.60 bits per heavy atom. The first-order valence-corrected chi connectivity index (χ1v) is 7.69. The molecule has 126 valence electrons. The van der Waals surface area contributed by atoms with Crippen molar-refractivity contribution >= 4 is 11.7 Å². The van der Waals surface area contributed by atoms with E-state index in [9.17, 15) is 9.90 Å². The van der Waals surface area contributed by atoms with Gasteiger partial charge in [0.15, 0.2) is 0 Å². The highest BCUT2D eigenvalue weighted by Gasteiger charge is 2.11. The number of nitrogens with two attached hydrogens (primary N) is 1. The Hall–Kier alpha value is -3.41. The zero-order chi connectivity index (χ0) is 18.0. The van der Waals surface area contributed by atoms with Crippen molar-refractivity contribution in [2.24, 2.45) is 0 Å². The molecular formula is C19H18N4O2. The summed E-state index contributed by atoms with van der Waals surface area (Å²) in [5, 5.41) is 9.42. The number of hydrogen-bond acceptors (Lipinski definition) is 5. The Kier molecular flexibility index (Phi) is 4.35. The molecule has 0 aliphatic carbocycles. The van der Waals surface area contributed by atoms with Gasteiger partial charge in [-0.1, -0.05) is 12.1 Å². The number of phenols is 1. The van der Waals surface area contributed by atoms with Crippen LogP contribution in [0.3, 0.4) is 0 Å². The molecule has 6 nitrogen and oxygen atoms in total. The van der Waals surface area contributed by atoms with Crippen molar-refractivity contribution in [1.29, 1.82) is 0 Å². The van der Waals surface area contributed by atoms with Crippen LogP contribution in [-0.4, -0.2) is 40.0 Å². The van der Waals surface area contributed by atoms with Gasteiger partial charge in [-0.15, -0.1) is 0 Å². The average Bonchev–Trinajstić information content (AvgIpc) is 2.62. The summed E-state index contributed by atoms with van der Waals surface area (Å²) in [6.07, 6.45) is 1.60. The minimum atomic E-state index is -0.0558. The van der Waals surface area contributed by atoms with Crippen LogP contribution in [0.25, 0.3) is 22.5 Å². The number of phenolic OH excluding ortho intramolecular Hbond substituents is 1. The number of carbonyl (C=O) groups excluding carboxylic acids is 1. The predicted molar refractivity (Wildman–Crippen MR) is 97.0 cm³/mol. The van der Waals surface area contributed by atoms with Gasteiger partial charge in [0, 0.05) is 30.8 Å². The molecule has 0 saturated heterocycles. The maximum absolute atomic E-state index is 12.0. The largest absolute Gasteiger partial charge is 0.508 e. The molecule has 2 aromatic carbocycles. The van der Waals surface area contributed by atoms with Crippen molar-refractivity contribution in [1.82, 2.24) is 14.9 Å². The zero-order valence-electron chi connectivity index (χ0n) is 14.0. The molecule has 0 radical (unpaired) electrons. The van der Waals surface area contributed by atoms with Crippen LogP contribution in [0.1, 0.15) is 10.4 Å². The predicted octanol–water partition coefficient (Wildman–Crippen LogP) is 2.80. The van der Waals surface area contributed by atoms with Gasteiger partial charge >= 0.3 is 0 Å². The van der Waals surface area contributed by atoms with E-state index in [1.165, 1.54) is 4.90 Å². The Morgan fingerprint density at radius 1 is 1.00 bits per heavy atom. The number of nitrogens with zero attached hydrogens (tertiary/aromatic N) is 3. The first kappa shape index (κ1) is 16.4. The normalized spacial score (nSPS) is 10.5. The third-order valence-electron chi connectivity index (χ3n) is 3.78. The summed E-state index contributed by atoms with van der Waals surface area (Å²) in [5.41, 5.74) is 9.36. The minimum absolute atomic E-state index is 0.0558. The van der Waals surface area contributed by atoms with Gasteiger partial charge in [-0.3, -0.25) is 4.79 Å². The number of benzene rings is 2. The highest BCUT2D eigenvalue weighted by molar-refractivity contribution is 5.94. The van der Waals surface area contributed by atoms with E-state index in [1.807, 2.05) is 12.1 Å². The van der Waals surface area contributed by atoms with Crippen LogP contribution >= 0.6 is 0 Å². The van der Waals surface area contributed by atoms with Crippen LogP contribution in [0.15, 0.2) is 54.7 Å². The fourth-order valence-corrected chi connectivity index (χ4v) is 2.41. The SMILES string of the molecule is CN(C)C(=O)c1ccc(-c2cnc(N)c(-c3ccc(O)cc3)n2)cc1. The van der Waals surface area contributed by atoms with Gasteiger partial charge < -0.3 is 15.7 Å². The summed E-state index contributed by atoms with van der Waals surface area (Å²) in [6, 6.07) is 13.8. The summed E-state index contributed by atoms with van der Waals surface area (Å²) in [4.78, 5) is 22.3. The van der Waals surface area contributed by atoms with Gasteiger partial charge in [0.05, 0.1) is 11.9 Å². The fourth-order valence-electron chi connectivity index (χ4n) is 2.41. The second kappa shape index (κ2) is 6.60. The Bertz CT molecular complexity index is 904. The average molecular weight is 334 g/mol. The standard InChI is InChI=1S/C19H18N4O2/c1-23(2)19(25)14-5-3-12(4-6-14)16-11-21-18(20)17(22-16)13-7-9-15(24)10-8-13/h3-11,24H,1-2H3,(H2,20,21). The smallest absolute Gasteiger partial charge is 0.253 e. The Labute approximate surface area is 145 Å². The molecule has 3 aromatic rings. The van der Waals surface area contributed by atoms with E-state index >= 15 is 0 Å². The zero-order valence-corrected chi connectivity index (χ0v) is 14.0. The van der Waals surface area contributed by atoms with Crippen LogP contribution < -0.4 is 5.73 Å². The summed E-state index contributed by atoms with van der Waals surface area (Å²) >= 11 is 0. The lowest BCUT2D eigenvalue weighted by Gasteiger charge is -2.11. The lowest BCUT2D eigenvalue weighted by Crippen LogP contribution is -2.21. The van der Waals surface area contributed by atoms with E-state index in [1.54, 1.807) is 56.7 Å². The molecular weight excluding hydrogens is 316 g/mol. The Balaban J connectivity index is 1.97. The van der Waals surface area contributed by atoms with Crippen molar-refractivity contribution in [3.8, 4) is 28.3 Å². The van der Waals surface area contributed by atoms with Crippen molar-refractivity contribution in [2.75, 3.05) is 19.8 Å². The lowest BCUT2D eigenvalue weighted by molar-refractivity contribution is 0.0827. The number of amides is 1. The molecule has 1 heterocycles. The molecule has 1 aromatic heterocycles. The van der Waals surface area contributed by atoms with Gasteiger partial charge in [0.2, 0.25) is 0 Å². The van der Waals surface area contributed by atoms with Crippen molar-refractivity contribution < 1.29 is 9.90 Å². The Morgan fingerprint density at radius 3 is 2.20 bits per heavy atom. The van der Waals surface area contributed by atoms with Crippen molar-refractivity contribution in [3.05, 3.63) is 60.3 Å². The summed E-state index contributed by atoms with van der Waals surface area (Å²) in [6.45, 7) is 0. The van der Waals surface area contributed by atoms with Gasteiger partial charge in [0.25, 0.3) is 5.91 Å². The molecule has 0 spiro atoms. The number of nitrogen functional groups attached to an aromatic ring is 1. The number of carbonyl (C=O) groups is 1. The van der Waals surface area contributed by atoms with Crippen LogP contribution in [0.5, 0.6) is 5.75 Å². The van der Waals surface area contributed by atoms with Gasteiger partial charge in [-0.2, -0.15) is 0 Å². The van der Waals surface area contributed by atoms with Gasteiger partial charge in [-0.05, 0) is 36.4 Å². The quantitative estimate of drug-likeness (QED) is 0.768. The fraction of sp³-hybridized carbons (Fsp3) is 0.105. The second-order valence-electron chi connectivity index (χ2n) is 5.81. The molecule has 3 N–H and O–H groups in total. The molecule has 1 amide bonds. The monoisotopic (exact) mass is 334 g/mol. The first-order chi connectivity index (χ1) is 12.0. The molecule has 0 atom stereocenters. The van der Waals surface area contributed by atoms with E-state index in [2.05, 4.69) is 9.97 Å². The molecule has 0 bridgehead atoms. The van der Waals surface area contributed by atoms with E-state index in [4.69, 9.17) is 5.73 Å². The topological polar surface area (TPSA) is 92.3 Å². The molecule has 6 heteroatoms. The van der Waals surface area contributed by atoms with E-state index < -0.39 is 0 Å². The molecule has 0 unspecified atom stereocenters. The van der Waals surface area contributed by atoms with E-state index in [0.29, 0.717) is 22.8 Å². The number of aromatic hydroxyl groups is 1. The van der Waals surface area contributed by atoms with Crippen LogP contribution in [0.4, 0.5) is 5.82 Å². The molecule has 0 fully saturated rings. The van der Waals surface area contributed by atoms with E-state index in [0.717, 1.165) is 11.1 Å². The number of anilines is 1. The summed E-state index contributed by atoms with van der Waals surface area (Å²) < 4.78 is 0. The number of aromatic nitrogens is 2. The van der Waals surface area contributed by atoms with Crippen molar-refractivity contribution in [2.45, 2.75) is 0 Å². The molecule has 3 rings (SSSR count). The van der Waals surface area contributed by atoms with Gasteiger partial charge in [-0.25, -0.2) is 9.97 Å².